The molecule has 6 heteroatoms. The van der Waals surface area contributed by atoms with Crippen LogP contribution in [0.1, 0.15) is 43.2 Å². The van der Waals surface area contributed by atoms with Crippen LogP contribution in [-0.2, 0) is 4.79 Å². The molecule has 0 bridgehead atoms. The summed E-state index contributed by atoms with van der Waals surface area (Å²) in [5, 5.41) is 9.40. The van der Waals surface area contributed by atoms with Crippen LogP contribution in [0.2, 0.25) is 0 Å². The Hall–Kier alpha value is -1.95. The average Bonchev–Trinajstić information content (AvgIpc) is 3.04. The molecule has 2 amide bonds. The lowest BCUT2D eigenvalue weighted by Crippen LogP contribution is -2.58. The van der Waals surface area contributed by atoms with Crippen molar-refractivity contribution in [3.63, 3.8) is 0 Å². The van der Waals surface area contributed by atoms with Gasteiger partial charge in [-0.25, -0.2) is 4.79 Å². The van der Waals surface area contributed by atoms with Crippen molar-refractivity contribution in [2.75, 3.05) is 6.54 Å². The number of ketones is 1. The third-order valence-corrected chi connectivity index (χ3v) is 4.03. The van der Waals surface area contributed by atoms with E-state index in [9.17, 15) is 19.5 Å². The molecule has 0 radical (unpaired) electrons. The lowest BCUT2D eigenvalue weighted by molar-refractivity contribution is -0.792. The first kappa shape index (κ1) is 14.5. The van der Waals surface area contributed by atoms with E-state index in [1.165, 1.54) is 12.3 Å². The van der Waals surface area contributed by atoms with Gasteiger partial charge >= 0.3 is 12.0 Å². The first-order chi connectivity index (χ1) is 9.48. The highest BCUT2D eigenvalue weighted by atomic mass is 16.4. The summed E-state index contributed by atoms with van der Waals surface area (Å²) < 4.78 is 4.41. The molecule has 20 heavy (non-hydrogen) atoms. The molecule has 1 aliphatic rings. The maximum Gasteiger partial charge on any atom is 0.521 e. The normalized spacial score (nSPS) is 25.6. The number of amides is 2. The standard InChI is InChI=1S/C14H17NO5/c1-10-4-2-8-15(10,14(18)19)13(17)7-6-11(16)12-5-3-9-20-12/h3,5,9-10H,2,4,6-8H2,1H3/p+1/t10-,15?/m1/s1. The van der Waals surface area contributed by atoms with Gasteiger partial charge in [0.15, 0.2) is 11.5 Å². The molecule has 0 spiro atoms. The zero-order chi connectivity index (χ0) is 14.8. The first-order valence-electron chi connectivity index (χ1n) is 6.70. The van der Waals surface area contributed by atoms with Crippen LogP contribution >= 0.6 is 0 Å². The van der Waals surface area contributed by atoms with Crippen molar-refractivity contribution in [3.8, 4) is 0 Å². The summed E-state index contributed by atoms with van der Waals surface area (Å²) in [4.78, 5) is 35.6. The van der Waals surface area contributed by atoms with Gasteiger partial charge in [-0.15, -0.1) is 0 Å². The predicted octanol–water partition coefficient (Wildman–Crippen LogP) is 2.45. The Kier molecular flexibility index (Phi) is 4.04. The van der Waals surface area contributed by atoms with Crippen molar-refractivity contribution < 1.29 is 28.4 Å². The van der Waals surface area contributed by atoms with Crippen LogP contribution < -0.4 is 0 Å². The molecule has 1 aromatic rings. The fourth-order valence-corrected chi connectivity index (χ4v) is 2.82. The summed E-state index contributed by atoms with van der Waals surface area (Å²) in [6, 6.07) is 2.90. The first-order valence-corrected chi connectivity index (χ1v) is 6.70. The van der Waals surface area contributed by atoms with E-state index < -0.39 is 16.5 Å². The Morgan fingerprint density at radius 3 is 2.65 bits per heavy atom. The van der Waals surface area contributed by atoms with Crippen LogP contribution in [0.15, 0.2) is 22.8 Å². The fourth-order valence-electron chi connectivity index (χ4n) is 2.82. The summed E-state index contributed by atoms with van der Waals surface area (Å²) in [5.74, 6) is -0.477. The van der Waals surface area contributed by atoms with E-state index in [-0.39, 0.29) is 30.4 Å². The van der Waals surface area contributed by atoms with E-state index in [4.69, 9.17) is 4.42 Å². The number of carbonyl (C=O) groups excluding carboxylic acids is 2. The molecule has 1 N–H and O–H groups in total. The Morgan fingerprint density at radius 2 is 2.15 bits per heavy atom. The van der Waals surface area contributed by atoms with E-state index >= 15 is 0 Å². The molecule has 2 atom stereocenters. The molecule has 0 saturated carbocycles. The van der Waals surface area contributed by atoms with Gasteiger partial charge in [-0.05, 0) is 19.1 Å². The molecular formula is C14H18NO5+. The summed E-state index contributed by atoms with van der Waals surface area (Å²) in [6.07, 6.45) is 1.60. The van der Waals surface area contributed by atoms with E-state index in [0.717, 1.165) is 0 Å². The van der Waals surface area contributed by atoms with Gasteiger partial charge in [0, 0.05) is 19.3 Å². The van der Waals surface area contributed by atoms with Crippen LogP contribution in [0.3, 0.4) is 0 Å². The molecule has 1 saturated heterocycles. The topological polar surface area (TPSA) is 84.6 Å². The lowest BCUT2D eigenvalue weighted by Gasteiger charge is -2.29. The van der Waals surface area contributed by atoms with Gasteiger partial charge in [-0.3, -0.25) is 4.79 Å². The minimum Gasteiger partial charge on any atom is -0.461 e. The minimum absolute atomic E-state index is 0.0215. The largest absolute Gasteiger partial charge is 0.521 e. The van der Waals surface area contributed by atoms with Crippen LogP contribution in [0, 0.1) is 0 Å². The number of nitrogens with zero attached hydrogens (tertiary/aromatic N) is 1. The molecule has 0 aliphatic carbocycles. The number of hydrogen-bond donors (Lipinski definition) is 1. The predicted molar refractivity (Wildman–Crippen MR) is 69.1 cm³/mol. The Labute approximate surface area is 116 Å². The van der Waals surface area contributed by atoms with Crippen molar-refractivity contribution in [2.45, 2.75) is 38.6 Å². The number of furan rings is 1. The molecule has 108 valence electrons. The minimum atomic E-state index is -1.12. The van der Waals surface area contributed by atoms with Gasteiger partial charge in [-0.2, -0.15) is 9.28 Å². The lowest BCUT2D eigenvalue weighted by atomic mass is 10.1. The van der Waals surface area contributed by atoms with E-state index in [1.54, 1.807) is 13.0 Å². The van der Waals surface area contributed by atoms with Gasteiger partial charge in [-0.1, -0.05) is 0 Å². The van der Waals surface area contributed by atoms with Gasteiger partial charge in [0.05, 0.1) is 19.2 Å². The highest BCUT2D eigenvalue weighted by Crippen LogP contribution is 2.29. The number of likely N-dealkylation sites (tertiary alicyclic amines) is 1. The summed E-state index contributed by atoms with van der Waals surface area (Å²) in [5.41, 5.74) is 0. The highest BCUT2D eigenvalue weighted by molar-refractivity contribution is 5.95. The Morgan fingerprint density at radius 1 is 1.40 bits per heavy atom. The van der Waals surface area contributed by atoms with Gasteiger partial charge in [0.2, 0.25) is 0 Å². The maximum atomic E-state index is 12.3. The van der Waals surface area contributed by atoms with Crippen molar-refractivity contribution in [1.82, 2.24) is 0 Å². The molecule has 0 aromatic carbocycles. The molecule has 1 fully saturated rings. The van der Waals surface area contributed by atoms with Gasteiger partial charge in [0.25, 0.3) is 0 Å². The third kappa shape index (κ3) is 2.38. The van der Waals surface area contributed by atoms with Crippen LogP contribution in [0.5, 0.6) is 0 Å². The number of rotatable bonds is 4. The zero-order valence-corrected chi connectivity index (χ0v) is 11.4. The average molecular weight is 280 g/mol. The molecule has 2 rings (SSSR count). The molecular weight excluding hydrogens is 262 g/mol. The maximum absolute atomic E-state index is 12.3. The van der Waals surface area contributed by atoms with E-state index in [1.807, 2.05) is 0 Å². The number of imide groups is 1. The molecule has 6 nitrogen and oxygen atoms in total. The summed E-state index contributed by atoms with van der Waals surface area (Å²) in [6.45, 7) is 2.08. The smallest absolute Gasteiger partial charge is 0.461 e. The number of hydrogen-bond acceptors (Lipinski definition) is 4. The molecule has 1 aliphatic heterocycles. The Balaban J connectivity index is 2.03. The second-order valence-corrected chi connectivity index (χ2v) is 5.16. The number of Topliss-reactive ketones (excluding diaryl/α,β-unsaturated/α-hetero) is 1. The summed E-state index contributed by atoms with van der Waals surface area (Å²) >= 11 is 0. The second kappa shape index (κ2) is 5.58. The zero-order valence-electron chi connectivity index (χ0n) is 11.4. The highest BCUT2D eigenvalue weighted by Gasteiger charge is 2.52. The molecule has 1 aromatic heterocycles. The number of carbonyl (C=O) groups is 3. The van der Waals surface area contributed by atoms with Crippen molar-refractivity contribution in [1.29, 1.82) is 0 Å². The van der Waals surface area contributed by atoms with Gasteiger partial charge < -0.3 is 9.52 Å². The van der Waals surface area contributed by atoms with Crippen LogP contribution in [-0.4, -0.2) is 40.0 Å². The monoisotopic (exact) mass is 280 g/mol. The van der Waals surface area contributed by atoms with Crippen LogP contribution in [0.25, 0.3) is 0 Å². The quantitative estimate of drug-likeness (QED) is 0.676. The number of quaternary nitrogens is 1. The van der Waals surface area contributed by atoms with E-state index in [0.29, 0.717) is 19.4 Å². The van der Waals surface area contributed by atoms with Crippen molar-refractivity contribution >= 4 is 17.8 Å². The third-order valence-electron chi connectivity index (χ3n) is 4.03. The molecule has 2 heterocycles. The van der Waals surface area contributed by atoms with Crippen molar-refractivity contribution in [3.05, 3.63) is 24.2 Å². The van der Waals surface area contributed by atoms with Crippen LogP contribution in [0.4, 0.5) is 4.79 Å². The number of carboxylic acid groups (broad SMARTS) is 1. The fraction of sp³-hybridized carbons (Fsp3) is 0.500. The van der Waals surface area contributed by atoms with Crippen molar-refractivity contribution in [2.24, 2.45) is 0 Å². The second-order valence-electron chi connectivity index (χ2n) is 5.16. The van der Waals surface area contributed by atoms with Gasteiger partial charge in [0.1, 0.15) is 6.04 Å². The SMILES string of the molecule is C[C@@H]1CCC[N+]1(C(=O)O)C(=O)CCC(=O)c1ccco1. The summed E-state index contributed by atoms with van der Waals surface area (Å²) in [7, 11) is 0. The Bertz CT molecular complexity index is 522. The van der Waals surface area contributed by atoms with E-state index in [2.05, 4.69) is 0 Å². The molecule has 1 unspecified atom stereocenters.